The van der Waals surface area contributed by atoms with Crippen LogP contribution >= 0.6 is 0 Å². The molecule has 0 bridgehead atoms. The standard InChI is InChI=1S/C20H17FN2O2/c21-17-10-8-15(9-11-17)13-19(24)23-20-18(7-4-12-22-20)25-14-16-5-2-1-3-6-16/h1-12H,13-14H2,(H,22,23,24). The summed E-state index contributed by atoms with van der Waals surface area (Å²) in [5.74, 6) is 0.296. The minimum absolute atomic E-state index is 0.134. The van der Waals surface area contributed by atoms with E-state index in [0.717, 1.165) is 11.1 Å². The Morgan fingerprint density at radius 3 is 2.48 bits per heavy atom. The maximum Gasteiger partial charge on any atom is 0.230 e. The lowest BCUT2D eigenvalue weighted by molar-refractivity contribution is -0.115. The van der Waals surface area contributed by atoms with Crippen molar-refractivity contribution < 1.29 is 13.9 Å². The molecule has 0 radical (unpaired) electrons. The minimum atomic E-state index is -0.328. The lowest BCUT2D eigenvalue weighted by Crippen LogP contribution is -2.16. The number of ether oxygens (including phenoxy) is 1. The molecule has 1 aromatic heterocycles. The zero-order valence-electron chi connectivity index (χ0n) is 13.5. The topological polar surface area (TPSA) is 51.2 Å². The van der Waals surface area contributed by atoms with Gasteiger partial charge in [0.25, 0.3) is 0 Å². The highest BCUT2D eigenvalue weighted by Gasteiger charge is 2.10. The third kappa shape index (κ3) is 4.88. The second-order valence-corrected chi connectivity index (χ2v) is 5.48. The number of nitrogens with zero attached hydrogens (tertiary/aromatic N) is 1. The summed E-state index contributed by atoms with van der Waals surface area (Å²) in [4.78, 5) is 16.4. The van der Waals surface area contributed by atoms with E-state index >= 15 is 0 Å². The third-order valence-corrected chi connectivity index (χ3v) is 3.54. The van der Waals surface area contributed by atoms with E-state index < -0.39 is 0 Å². The highest BCUT2D eigenvalue weighted by Crippen LogP contribution is 2.22. The fraction of sp³-hybridized carbons (Fsp3) is 0.100. The van der Waals surface area contributed by atoms with Crippen LogP contribution in [0.5, 0.6) is 5.75 Å². The number of pyridine rings is 1. The van der Waals surface area contributed by atoms with Gasteiger partial charge in [0.05, 0.1) is 6.42 Å². The van der Waals surface area contributed by atoms with E-state index in [0.29, 0.717) is 18.2 Å². The van der Waals surface area contributed by atoms with E-state index in [1.165, 1.54) is 12.1 Å². The van der Waals surface area contributed by atoms with E-state index in [1.54, 1.807) is 30.5 Å². The largest absolute Gasteiger partial charge is 0.485 e. The highest BCUT2D eigenvalue weighted by molar-refractivity contribution is 5.92. The monoisotopic (exact) mass is 336 g/mol. The normalized spacial score (nSPS) is 10.3. The van der Waals surface area contributed by atoms with Crippen molar-refractivity contribution in [3.63, 3.8) is 0 Å². The van der Waals surface area contributed by atoms with Crippen molar-refractivity contribution in [3.8, 4) is 5.75 Å². The molecule has 0 aliphatic rings. The molecule has 1 N–H and O–H groups in total. The number of carbonyl (C=O) groups excluding carboxylic acids is 1. The van der Waals surface area contributed by atoms with Crippen LogP contribution in [-0.4, -0.2) is 10.9 Å². The Labute approximate surface area is 145 Å². The lowest BCUT2D eigenvalue weighted by atomic mass is 10.1. The van der Waals surface area contributed by atoms with Crippen molar-refractivity contribution in [1.82, 2.24) is 4.98 Å². The number of hydrogen-bond acceptors (Lipinski definition) is 3. The summed E-state index contributed by atoms with van der Waals surface area (Å²) in [5.41, 5.74) is 1.75. The van der Waals surface area contributed by atoms with Gasteiger partial charge in [0, 0.05) is 6.20 Å². The van der Waals surface area contributed by atoms with Crippen molar-refractivity contribution in [3.05, 3.63) is 89.9 Å². The molecule has 0 atom stereocenters. The molecular weight excluding hydrogens is 319 g/mol. The van der Waals surface area contributed by atoms with Gasteiger partial charge in [-0.25, -0.2) is 9.37 Å². The summed E-state index contributed by atoms with van der Waals surface area (Å²) in [6.45, 7) is 0.382. The number of anilines is 1. The molecule has 4 nitrogen and oxygen atoms in total. The second-order valence-electron chi connectivity index (χ2n) is 5.48. The Bertz CT molecular complexity index is 836. The Kier molecular flexibility index (Phi) is 5.36. The molecule has 0 saturated heterocycles. The van der Waals surface area contributed by atoms with E-state index in [2.05, 4.69) is 10.3 Å². The number of benzene rings is 2. The van der Waals surface area contributed by atoms with Crippen LogP contribution in [0, 0.1) is 5.82 Å². The molecule has 0 aliphatic heterocycles. The SMILES string of the molecule is O=C(Cc1ccc(F)cc1)Nc1ncccc1OCc1ccccc1. The molecule has 0 saturated carbocycles. The average Bonchev–Trinajstić information content (AvgIpc) is 2.64. The van der Waals surface area contributed by atoms with Crippen molar-refractivity contribution >= 4 is 11.7 Å². The Hall–Kier alpha value is -3.21. The second kappa shape index (κ2) is 8.06. The van der Waals surface area contributed by atoms with Gasteiger partial charge in [-0.15, -0.1) is 0 Å². The van der Waals surface area contributed by atoms with Gasteiger partial charge in [0.1, 0.15) is 12.4 Å². The zero-order valence-corrected chi connectivity index (χ0v) is 13.5. The first-order valence-corrected chi connectivity index (χ1v) is 7.87. The summed E-state index contributed by atoms with van der Waals surface area (Å²) < 4.78 is 18.7. The van der Waals surface area contributed by atoms with Crippen molar-refractivity contribution in [2.45, 2.75) is 13.0 Å². The molecular formula is C20H17FN2O2. The number of amides is 1. The first-order chi connectivity index (χ1) is 12.2. The van der Waals surface area contributed by atoms with E-state index in [9.17, 15) is 9.18 Å². The smallest absolute Gasteiger partial charge is 0.230 e. The summed E-state index contributed by atoms with van der Waals surface area (Å²) in [6.07, 6.45) is 1.72. The Morgan fingerprint density at radius 2 is 1.72 bits per heavy atom. The molecule has 0 unspecified atom stereocenters. The van der Waals surface area contributed by atoms with Crippen LogP contribution in [-0.2, 0) is 17.8 Å². The molecule has 3 rings (SSSR count). The van der Waals surface area contributed by atoms with Gasteiger partial charge in [0.2, 0.25) is 5.91 Å². The summed E-state index contributed by atoms with van der Waals surface area (Å²) in [5, 5.41) is 2.74. The van der Waals surface area contributed by atoms with Gasteiger partial charge >= 0.3 is 0 Å². The first-order valence-electron chi connectivity index (χ1n) is 7.87. The van der Waals surface area contributed by atoms with Gasteiger partial charge in [-0.05, 0) is 35.4 Å². The molecule has 0 fully saturated rings. The number of rotatable bonds is 6. The van der Waals surface area contributed by atoms with Crippen LogP contribution in [0.15, 0.2) is 72.9 Å². The third-order valence-electron chi connectivity index (χ3n) is 3.54. The maximum atomic E-state index is 12.9. The summed E-state index contributed by atoms with van der Waals surface area (Å²) >= 11 is 0. The summed E-state index contributed by atoms with van der Waals surface area (Å²) in [7, 11) is 0. The van der Waals surface area contributed by atoms with Crippen LogP contribution in [0.1, 0.15) is 11.1 Å². The number of hydrogen-bond donors (Lipinski definition) is 1. The zero-order chi connectivity index (χ0) is 17.5. The Morgan fingerprint density at radius 1 is 0.960 bits per heavy atom. The van der Waals surface area contributed by atoms with E-state index in [4.69, 9.17) is 4.74 Å². The fourth-order valence-corrected chi connectivity index (χ4v) is 2.30. The molecule has 3 aromatic rings. The number of carbonyl (C=O) groups is 1. The minimum Gasteiger partial charge on any atom is -0.485 e. The number of aromatic nitrogens is 1. The lowest BCUT2D eigenvalue weighted by Gasteiger charge is -2.11. The van der Waals surface area contributed by atoms with Gasteiger partial charge in [-0.3, -0.25) is 4.79 Å². The van der Waals surface area contributed by atoms with Crippen LogP contribution in [0.3, 0.4) is 0 Å². The molecule has 25 heavy (non-hydrogen) atoms. The van der Waals surface area contributed by atoms with Crippen LogP contribution in [0.25, 0.3) is 0 Å². The fourth-order valence-electron chi connectivity index (χ4n) is 2.30. The van der Waals surface area contributed by atoms with Crippen LogP contribution < -0.4 is 10.1 Å². The quantitative estimate of drug-likeness (QED) is 0.741. The first kappa shape index (κ1) is 16.6. The molecule has 2 aromatic carbocycles. The van der Waals surface area contributed by atoms with Gasteiger partial charge in [-0.1, -0.05) is 42.5 Å². The van der Waals surface area contributed by atoms with Crippen molar-refractivity contribution in [1.29, 1.82) is 0 Å². The predicted octanol–water partition coefficient (Wildman–Crippen LogP) is 3.98. The summed E-state index contributed by atoms with van der Waals surface area (Å²) in [6, 6.07) is 19.1. The van der Waals surface area contributed by atoms with E-state index in [1.807, 2.05) is 30.3 Å². The Balaban J connectivity index is 1.63. The molecule has 1 heterocycles. The molecule has 126 valence electrons. The maximum absolute atomic E-state index is 12.9. The van der Waals surface area contributed by atoms with E-state index in [-0.39, 0.29) is 18.1 Å². The highest BCUT2D eigenvalue weighted by atomic mass is 19.1. The van der Waals surface area contributed by atoms with Gasteiger partial charge in [-0.2, -0.15) is 0 Å². The molecule has 5 heteroatoms. The van der Waals surface area contributed by atoms with Crippen LogP contribution in [0.4, 0.5) is 10.2 Å². The van der Waals surface area contributed by atoms with Crippen molar-refractivity contribution in [2.75, 3.05) is 5.32 Å². The molecule has 0 spiro atoms. The number of nitrogens with one attached hydrogen (secondary N) is 1. The molecule has 1 amide bonds. The van der Waals surface area contributed by atoms with Gasteiger partial charge < -0.3 is 10.1 Å². The number of halogens is 1. The average molecular weight is 336 g/mol. The van der Waals surface area contributed by atoms with Gasteiger partial charge in [0.15, 0.2) is 11.6 Å². The predicted molar refractivity (Wildman–Crippen MR) is 93.7 cm³/mol. The van der Waals surface area contributed by atoms with Crippen molar-refractivity contribution in [2.24, 2.45) is 0 Å². The molecule has 0 aliphatic carbocycles. The van der Waals surface area contributed by atoms with Crippen LogP contribution in [0.2, 0.25) is 0 Å².